The Morgan fingerprint density at radius 3 is 2.52 bits per heavy atom. The van der Waals surface area contributed by atoms with Gasteiger partial charge in [0.2, 0.25) is 5.16 Å². The van der Waals surface area contributed by atoms with Crippen molar-refractivity contribution < 1.29 is 0 Å². The first-order chi connectivity index (χ1) is 9.87. The summed E-state index contributed by atoms with van der Waals surface area (Å²) < 4.78 is 2.06. The number of thioether (sulfide) groups is 1. The number of nitrogens with zero attached hydrogens (tertiary/aromatic N) is 4. The fourth-order valence-corrected chi connectivity index (χ4v) is 3.68. The van der Waals surface area contributed by atoms with E-state index in [2.05, 4.69) is 60.1 Å². The van der Waals surface area contributed by atoms with Crippen molar-refractivity contribution in [2.75, 3.05) is 6.54 Å². The molecule has 1 heterocycles. The van der Waals surface area contributed by atoms with Crippen LogP contribution in [-0.2, 0) is 0 Å². The van der Waals surface area contributed by atoms with Crippen LogP contribution >= 0.6 is 11.8 Å². The monoisotopic (exact) mass is 311 g/mol. The van der Waals surface area contributed by atoms with Gasteiger partial charge in [-0.2, -0.15) is 0 Å². The molecule has 0 aromatic carbocycles. The van der Waals surface area contributed by atoms with E-state index in [0.717, 1.165) is 11.7 Å². The van der Waals surface area contributed by atoms with Gasteiger partial charge >= 0.3 is 0 Å². The average molecular weight is 311 g/mol. The van der Waals surface area contributed by atoms with Crippen molar-refractivity contribution in [2.24, 2.45) is 5.92 Å². The Morgan fingerprint density at radius 2 is 1.95 bits per heavy atom. The fraction of sp³-hybridized carbons (Fsp3) is 0.933. The Morgan fingerprint density at radius 1 is 1.29 bits per heavy atom. The fourth-order valence-electron chi connectivity index (χ4n) is 2.60. The van der Waals surface area contributed by atoms with Crippen molar-refractivity contribution >= 4 is 11.8 Å². The lowest BCUT2D eigenvalue weighted by atomic mass is 10.1. The van der Waals surface area contributed by atoms with Crippen LogP contribution in [0.2, 0.25) is 0 Å². The summed E-state index contributed by atoms with van der Waals surface area (Å²) >= 11 is 1.82. The van der Waals surface area contributed by atoms with Crippen molar-refractivity contribution in [3.8, 4) is 0 Å². The Bertz CT molecular complexity index is 432. The molecule has 1 N–H and O–H groups in total. The number of hydrogen-bond acceptors (Lipinski definition) is 5. The van der Waals surface area contributed by atoms with Gasteiger partial charge in [0.25, 0.3) is 0 Å². The van der Waals surface area contributed by atoms with Crippen LogP contribution in [0.15, 0.2) is 5.16 Å². The highest BCUT2D eigenvalue weighted by Gasteiger charge is 2.25. The van der Waals surface area contributed by atoms with Gasteiger partial charge in [-0.15, -0.1) is 5.10 Å². The van der Waals surface area contributed by atoms with E-state index in [1.807, 2.05) is 11.8 Å². The Hall–Kier alpha value is -0.620. The molecule has 1 aliphatic rings. The summed E-state index contributed by atoms with van der Waals surface area (Å²) in [6.45, 7) is 12.1. The second-order valence-electron chi connectivity index (χ2n) is 7.38. The lowest BCUT2D eigenvalue weighted by molar-refractivity contribution is 0.404. The van der Waals surface area contributed by atoms with Crippen LogP contribution in [0.5, 0.6) is 0 Å². The van der Waals surface area contributed by atoms with Gasteiger partial charge in [0.1, 0.15) is 0 Å². The highest BCUT2D eigenvalue weighted by Crippen LogP contribution is 2.33. The highest BCUT2D eigenvalue weighted by atomic mass is 32.2. The van der Waals surface area contributed by atoms with E-state index in [4.69, 9.17) is 0 Å². The SMILES string of the molecule is CC(C)C(CNC(C)(C)C)Sc1nnnn1C1CCCC1. The van der Waals surface area contributed by atoms with E-state index < -0.39 is 0 Å². The normalized spacial score (nSPS) is 18.6. The van der Waals surface area contributed by atoms with Crippen molar-refractivity contribution in [1.29, 1.82) is 0 Å². The average Bonchev–Trinajstić information content (AvgIpc) is 3.03. The van der Waals surface area contributed by atoms with E-state index in [9.17, 15) is 0 Å². The summed E-state index contributed by atoms with van der Waals surface area (Å²) in [5.41, 5.74) is 0.144. The third-order valence-electron chi connectivity index (χ3n) is 3.97. The number of tetrazole rings is 1. The molecule has 21 heavy (non-hydrogen) atoms. The summed E-state index contributed by atoms with van der Waals surface area (Å²) in [4.78, 5) is 0. The molecule has 120 valence electrons. The van der Waals surface area contributed by atoms with Gasteiger partial charge in [0, 0.05) is 17.3 Å². The van der Waals surface area contributed by atoms with Gasteiger partial charge in [-0.25, -0.2) is 4.68 Å². The molecule has 0 amide bonds. The lowest BCUT2D eigenvalue weighted by Gasteiger charge is -2.27. The molecule has 1 atom stereocenters. The summed E-state index contributed by atoms with van der Waals surface area (Å²) in [6, 6.07) is 0.505. The topological polar surface area (TPSA) is 55.6 Å². The quantitative estimate of drug-likeness (QED) is 0.817. The van der Waals surface area contributed by atoms with E-state index >= 15 is 0 Å². The minimum atomic E-state index is 0.144. The molecule has 1 unspecified atom stereocenters. The second kappa shape index (κ2) is 7.09. The number of nitrogens with one attached hydrogen (secondary N) is 1. The molecule has 1 fully saturated rings. The molecule has 0 saturated heterocycles. The minimum absolute atomic E-state index is 0.144. The summed E-state index contributed by atoms with van der Waals surface area (Å²) in [5, 5.41) is 17.5. The molecule has 1 saturated carbocycles. The predicted octanol–water partition coefficient (Wildman–Crippen LogP) is 3.29. The standard InChI is InChI=1S/C15H29N5S/c1-11(2)13(10-16-15(3,4)5)21-14-17-18-19-20(14)12-8-6-7-9-12/h11-13,16H,6-10H2,1-5H3. The number of aromatic nitrogens is 4. The Balaban J connectivity index is 2.01. The number of hydrogen-bond donors (Lipinski definition) is 1. The first kappa shape index (κ1) is 16.7. The molecule has 1 aromatic rings. The molecule has 0 bridgehead atoms. The van der Waals surface area contributed by atoms with Crippen LogP contribution in [0.1, 0.15) is 66.3 Å². The van der Waals surface area contributed by atoms with E-state index in [1.54, 1.807) is 0 Å². The molecule has 5 nitrogen and oxygen atoms in total. The van der Waals surface area contributed by atoms with Crippen LogP contribution < -0.4 is 5.32 Å². The zero-order valence-electron chi connectivity index (χ0n) is 14.0. The molecule has 0 spiro atoms. The van der Waals surface area contributed by atoms with Crippen LogP contribution in [0.3, 0.4) is 0 Å². The van der Waals surface area contributed by atoms with Gasteiger partial charge in [0.05, 0.1) is 6.04 Å². The molecule has 6 heteroatoms. The van der Waals surface area contributed by atoms with Crippen molar-refractivity contribution in [2.45, 2.75) is 82.3 Å². The summed E-state index contributed by atoms with van der Waals surface area (Å²) in [6.07, 6.45) is 5.03. The molecule has 0 aliphatic heterocycles. The molecular formula is C15H29N5S. The molecule has 2 rings (SSSR count). The maximum atomic E-state index is 4.26. The predicted molar refractivity (Wildman–Crippen MR) is 87.6 cm³/mol. The van der Waals surface area contributed by atoms with Crippen LogP contribution in [0.4, 0.5) is 0 Å². The second-order valence-corrected chi connectivity index (χ2v) is 8.58. The zero-order chi connectivity index (χ0) is 15.5. The maximum absolute atomic E-state index is 4.26. The summed E-state index contributed by atoms with van der Waals surface area (Å²) in [7, 11) is 0. The van der Waals surface area contributed by atoms with E-state index in [1.165, 1.54) is 25.7 Å². The van der Waals surface area contributed by atoms with Crippen molar-refractivity contribution in [3.05, 3.63) is 0 Å². The lowest BCUT2D eigenvalue weighted by Crippen LogP contribution is -2.41. The largest absolute Gasteiger partial charge is 0.311 e. The molecular weight excluding hydrogens is 282 g/mol. The Labute approximate surface area is 132 Å². The zero-order valence-corrected chi connectivity index (χ0v) is 14.8. The number of rotatable bonds is 6. The van der Waals surface area contributed by atoms with Gasteiger partial charge in [0.15, 0.2) is 0 Å². The molecule has 1 aliphatic carbocycles. The molecule has 0 radical (unpaired) electrons. The first-order valence-electron chi connectivity index (χ1n) is 8.06. The van der Waals surface area contributed by atoms with Gasteiger partial charge in [-0.05, 0) is 50.0 Å². The van der Waals surface area contributed by atoms with E-state index in [0.29, 0.717) is 17.2 Å². The molecule has 1 aromatic heterocycles. The van der Waals surface area contributed by atoms with Gasteiger partial charge in [-0.1, -0.05) is 38.5 Å². The first-order valence-corrected chi connectivity index (χ1v) is 8.94. The Kier molecular flexibility index (Phi) is 5.66. The highest BCUT2D eigenvalue weighted by molar-refractivity contribution is 7.99. The van der Waals surface area contributed by atoms with Crippen molar-refractivity contribution in [3.63, 3.8) is 0 Å². The van der Waals surface area contributed by atoms with Gasteiger partial charge < -0.3 is 5.32 Å². The van der Waals surface area contributed by atoms with Crippen LogP contribution in [0, 0.1) is 5.92 Å². The van der Waals surface area contributed by atoms with Crippen LogP contribution in [0.25, 0.3) is 0 Å². The minimum Gasteiger partial charge on any atom is -0.311 e. The van der Waals surface area contributed by atoms with Crippen LogP contribution in [-0.4, -0.2) is 37.5 Å². The third kappa shape index (κ3) is 4.95. The summed E-state index contributed by atoms with van der Waals surface area (Å²) in [5.74, 6) is 0.582. The third-order valence-corrected chi connectivity index (χ3v) is 5.46. The smallest absolute Gasteiger partial charge is 0.209 e. The van der Waals surface area contributed by atoms with E-state index in [-0.39, 0.29) is 5.54 Å². The van der Waals surface area contributed by atoms with Crippen molar-refractivity contribution in [1.82, 2.24) is 25.5 Å². The maximum Gasteiger partial charge on any atom is 0.209 e. The van der Waals surface area contributed by atoms with Gasteiger partial charge in [-0.3, -0.25) is 0 Å².